The highest BCUT2D eigenvalue weighted by atomic mass is 16.4. The van der Waals surface area contributed by atoms with E-state index in [1.807, 2.05) is 0 Å². The maximum absolute atomic E-state index is 11.6. The number of nitrogen functional groups attached to an aromatic ring is 1. The minimum Gasteiger partial charge on any atom is -0.502 e. The van der Waals surface area contributed by atoms with Gasteiger partial charge in [0.2, 0.25) is 5.76 Å². The predicted octanol–water partition coefficient (Wildman–Crippen LogP) is 1.53. The van der Waals surface area contributed by atoms with Gasteiger partial charge in [0.15, 0.2) is 5.78 Å². The summed E-state index contributed by atoms with van der Waals surface area (Å²) in [5.74, 6) is -2.66. The molecule has 5 nitrogen and oxygen atoms in total. The van der Waals surface area contributed by atoms with Crippen LogP contribution in [0.25, 0.3) is 0 Å². The third-order valence-electron chi connectivity index (χ3n) is 1.95. The second-order valence-corrected chi connectivity index (χ2v) is 3.17. The Labute approximate surface area is 97.5 Å². The van der Waals surface area contributed by atoms with Crippen molar-refractivity contribution in [2.45, 2.75) is 0 Å². The molecule has 0 heterocycles. The molecule has 0 saturated carbocycles. The van der Waals surface area contributed by atoms with Crippen LogP contribution in [-0.4, -0.2) is 22.0 Å². The van der Waals surface area contributed by atoms with Gasteiger partial charge >= 0.3 is 5.97 Å². The van der Waals surface area contributed by atoms with E-state index >= 15 is 0 Å². The molecule has 17 heavy (non-hydrogen) atoms. The first-order chi connectivity index (χ1) is 8.02. The van der Waals surface area contributed by atoms with Crippen molar-refractivity contribution in [3.63, 3.8) is 0 Å². The van der Waals surface area contributed by atoms with Crippen LogP contribution in [0.1, 0.15) is 10.4 Å². The van der Waals surface area contributed by atoms with E-state index in [2.05, 4.69) is 0 Å². The standard InChI is InChI=1S/C12H11NO4/c13-9-5-2-1-4-8(9)10(14)6-3-7-11(15)12(16)17/h1-7,15H,13H2,(H,16,17). The second kappa shape index (κ2) is 5.50. The fourth-order valence-electron chi connectivity index (χ4n) is 1.11. The Bertz CT molecular complexity index is 503. The molecule has 0 spiro atoms. The maximum Gasteiger partial charge on any atom is 0.370 e. The molecule has 0 aliphatic rings. The van der Waals surface area contributed by atoms with Crippen molar-refractivity contribution in [1.29, 1.82) is 0 Å². The number of aliphatic carboxylic acids is 1. The number of allylic oxidation sites excluding steroid dienone is 3. The van der Waals surface area contributed by atoms with Gasteiger partial charge in [-0.05, 0) is 24.3 Å². The van der Waals surface area contributed by atoms with Crippen LogP contribution in [0.5, 0.6) is 0 Å². The van der Waals surface area contributed by atoms with Crippen LogP contribution in [0.2, 0.25) is 0 Å². The fourth-order valence-corrected chi connectivity index (χ4v) is 1.11. The molecule has 0 atom stereocenters. The largest absolute Gasteiger partial charge is 0.502 e. The molecule has 0 aromatic heterocycles. The predicted molar refractivity (Wildman–Crippen MR) is 62.7 cm³/mol. The molecular formula is C12H11NO4. The SMILES string of the molecule is Nc1ccccc1C(=O)C=CC=C(O)C(=O)O. The Morgan fingerprint density at radius 1 is 1.18 bits per heavy atom. The number of aliphatic hydroxyl groups excluding tert-OH is 1. The van der Waals surface area contributed by atoms with Crippen LogP contribution < -0.4 is 5.73 Å². The molecule has 0 aliphatic heterocycles. The summed E-state index contributed by atoms with van der Waals surface area (Å²) in [6.45, 7) is 0. The van der Waals surface area contributed by atoms with Gasteiger partial charge in [-0.1, -0.05) is 18.2 Å². The zero-order chi connectivity index (χ0) is 12.8. The molecular weight excluding hydrogens is 222 g/mol. The quantitative estimate of drug-likeness (QED) is 0.241. The van der Waals surface area contributed by atoms with Gasteiger partial charge in [-0.25, -0.2) is 4.79 Å². The van der Waals surface area contributed by atoms with Gasteiger partial charge in [-0.15, -0.1) is 0 Å². The van der Waals surface area contributed by atoms with Crippen molar-refractivity contribution in [2.24, 2.45) is 0 Å². The zero-order valence-corrected chi connectivity index (χ0v) is 8.83. The average Bonchev–Trinajstić information content (AvgIpc) is 2.29. The summed E-state index contributed by atoms with van der Waals surface area (Å²) in [6.07, 6.45) is 3.20. The lowest BCUT2D eigenvalue weighted by atomic mass is 10.1. The van der Waals surface area contributed by atoms with E-state index in [4.69, 9.17) is 15.9 Å². The summed E-state index contributed by atoms with van der Waals surface area (Å²) >= 11 is 0. The van der Waals surface area contributed by atoms with Crippen molar-refractivity contribution < 1.29 is 19.8 Å². The number of carbonyl (C=O) groups is 2. The van der Waals surface area contributed by atoms with Crippen LogP contribution in [-0.2, 0) is 4.79 Å². The molecule has 0 fully saturated rings. The molecule has 0 bridgehead atoms. The normalized spacial score (nSPS) is 11.6. The van der Waals surface area contributed by atoms with Crippen molar-refractivity contribution in [3.05, 3.63) is 53.8 Å². The van der Waals surface area contributed by atoms with Gasteiger partial charge < -0.3 is 15.9 Å². The number of anilines is 1. The number of ketones is 1. The van der Waals surface area contributed by atoms with E-state index in [0.29, 0.717) is 11.3 Å². The molecule has 1 aromatic rings. The van der Waals surface area contributed by atoms with Crippen LogP contribution in [0.3, 0.4) is 0 Å². The highest BCUT2D eigenvalue weighted by Gasteiger charge is 2.05. The number of nitrogens with two attached hydrogens (primary N) is 1. The lowest BCUT2D eigenvalue weighted by molar-refractivity contribution is -0.135. The van der Waals surface area contributed by atoms with Crippen LogP contribution in [0.4, 0.5) is 5.69 Å². The van der Waals surface area contributed by atoms with Crippen LogP contribution in [0.15, 0.2) is 48.3 Å². The first-order valence-electron chi connectivity index (χ1n) is 4.72. The first kappa shape index (κ1) is 12.5. The van der Waals surface area contributed by atoms with Gasteiger partial charge in [0, 0.05) is 11.3 Å². The van der Waals surface area contributed by atoms with Crippen molar-refractivity contribution >= 4 is 17.4 Å². The molecule has 4 N–H and O–H groups in total. The van der Waals surface area contributed by atoms with Crippen LogP contribution >= 0.6 is 0 Å². The second-order valence-electron chi connectivity index (χ2n) is 3.17. The first-order valence-corrected chi connectivity index (χ1v) is 4.72. The number of carboxylic acids is 1. The third kappa shape index (κ3) is 3.49. The van der Waals surface area contributed by atoms with E-state index in [9.17, 15) is 9.59 Å². The summed E-state index contributed by atoms with van der Waals surface area (Å²) in [5.41, 5.74) is 6.25. The minimum atomic E-state index is -1.46. The molecule has 0 radical (unpaired) electrons. The Kier molecular flexibility index (Phi) is 4.05. The summed E-state index contributed by atoms with van der Waals surface area (Å²) in [7, 11) is 0. The Morgan fingerprint density at radius 3 is 2.41 bits per heavy atom. The molecule has 88 valence electrons. The van der Waals surface area contributed by atoms with Gasteiger partial charge in [0.05, 0.1) is 0 Å². The maximum atomic E-state index is 11.6. The molecule has 0 aliphatic carbocycles. The van der Waals surface area contributed by atoms with Gasteiger partial charge in [-0.3, -0.25) is 4.79 Å². The van der Waals surface area contributed by atoms with E-state index in [-0.39, 0.29) is 5.78 Å². The number of aliphatic hydroxyl groups is 1. The summed E-state index contributed by atoms with van der Waals surface area (Å²) in [5, 5.41) is 17.2. The van der Waals surface area contributed by atoms with Crippen molar-refractivity contribution in [2.75, 3.05) is 5.73 Å². The molecule has 0 amide bonds. The molecule has 5 heteroatoms. The Hall–Kier alpha value is -2.56. The van der Waals surface area contributed by atoms with Gasteiger partial charge in [-0.2, -0.15) is 0 Å². The van der Waals surface area contributed by atoms with E-state index in [1.54, 1.807) is 24.3 Å². The monoisotopic (exact) mass is 233 g/mol. The summed E-state index contributed by atoms with van der Waals surface area (Å²) < 4.78 is 0. The van der Waals surface area contributed by atoms with Crippen molar-refractivity contribution in [1.82, 2.24) is 0 Å². The van der Waals surface area contributed by atoms with Gasteiger partial charge in [0.25, 0.3) is 0 Å². The number of rotatable bonds is 4. The van der Waals surface area contributed by atoms with E-state index in [0.717, 1.165) is 18.2 Å². The molecule has 1 aromatic carbocycles. The number of hydrogen-bond donors (Lipinski definition) is 3. The topological polar surface area (TPSA) is 101 Å². The van der Waals surface area contributed by atoms with Crippen molar-refractivity contribution in [3.8, 4) is 0 Å². The summed E-state index contributed by atoms with van der Waals surface area (Å²) in [6, 6.07) is 6.52. The number of carbonyl (C=O) groups excluding carboxylic acids is 1. The Balaban J connectivity index is 2.81. The lowest BCUT2D eigenvalue weighted by Gasteiger charge is -1.99. The Morgan fingerprint density at radius 2 is 1.82 bits per heavy atom. The molecule has 0 unspecified atom stereocenters. The van der Waals surface area contributed by atoms with E-state index in [1.165, 1.54) is 0 Å². The number of hydrogen-bond acceptors (Lipinski definition) is 4. The van der Waals surface area contributed by atoms with Gasteiger partial charge in [0.1, 0.15) is 0 Å². The third-order valence-corrected chi connectivity index (χ3v) is 1.95. The highest BCUT2D eigenvalue weighted by Crippen LogP contribution is 2.11. The van der Waals surface area contributed by atoms with Crippen LogP contribution in [0, 0.1) is 0 Å². The average molecular weight is 233 g/mol. The molecule has 0 saturated heterocycles. The zero-order valence-electron chi connectivity index (χ0n) is 8.83. The lowest BCUT2D eigenvalue weighted by Crippen LogP contribution is -2.00. The van der Waals surface area contributed by atoms with E-state index < -0.39 is 11.7 Å². The highest BCUT2D eigenvalue weighted by molar-refractivity contribution is 6.08. The number of carboxylic acid groups (broad SMARTS) is 1. The number of benzene rings is 1. The molecule has 1 rings (SSSR count). The smallest absolute Gasteiger partial charge is 0.370 e. The summed E-state index contributed by atoms with van der Waals surface area (Å²) in [4.78, 5) is 21.8. The minimum absolute atomic E-state index is 0.326. The fraction of sp³-hybridized carbons (Fsp3) is 0. The number of para-hydroxylation sites is 1.